The van der Waals surface area contributed by atoms with E-state index in [4.69, 9.17) is 4.52 Å². The molecule has 3 aliphatic rings. The second kappa shape index (κ2) is 5.92. The number of carbonyl (C=O) groups excluding carboxylic acids is 3. The Kier molecular flexibility index (Phi) is 3.59. The summed E-state index contributed by atoms with van der Waals surface area (Å²) in [5, 5.41) is 9.53. The number of rotatable bonds is 4. The zero-order chi connectivity index (χ0) is 19.5. The quantitative estimate of drug-likeness (QED) is 0.791. The number of aryl methyl sites for hydroxylation is 2. The van der Waals surface area contributed by atoms with E-state index in [1.165, 1.54) is 0 Å². The molecule has 2 aliphatic carbocycles. The third kappa shape index (κ3) is 2.44. The van der Waals surface area contributed by atoms with Gasteiger partial charge in [0, 0.05) is 5.92 Å². The number of nitrogens with one attached hydrogen (secondary N) is 2. The van der Waals surface area contributed by atoms with Crippen LogP contribution in [-0.2, 0) is 21.5 Å². The Labute approximate surface area is 161 Å². The highest BCUT2D eigenvalue weighted by Gasteiger charge is 2.55. The summed E-state index contributed by atoms with van der Waals surface area (Å²) >= 11 is 0. The van der Waals surface area contributed by atoms with Gasteiger partial charge in [-0.3, -0.25) is 14.5 Å². The van der Waals surface area contributed by atoms with Gasteiger partial charge in [0.2, 0.25) is 5.91 Å². The highest BCUT2D eigenvalue weighted by atomic mass is 16.5. The van der Waals surface area contributed by atoms with Crippen LogP contribution in [0.3, 0.4) is 0 Å². The third-order valence-corrected chi connectivity index (χ3v) is 5.83. The van der Waals surface area contributed by atoms with E-state index in [9.17, 15) is 14.4 Å². The minimum Gasteiger partial charge on any atom is -0.359 e. The molecule has 144 valence electrons. The van der Waals surface area contributed by atoms with Crippen LogP contribution in [-0.4, -0.2) is 34.4 Å². The molecule has 4 amide bonds. The molecule has 0 radical (unpaired) electrons. The molecule has 28 heavy (non-hydrogen) atoms. The summed E-state index contributed by atoms with van der Waals surface area (Å²) in [4.78, 5) is 39.2. The fourth-order valence-electron chi connectivity index (χ4n) is 4.22. The number of hydrogen-bond acceptors (Lipinski definition) is 5. The molecule has 1 aromatic carbocycles. The average Bonchev–Trinajstić information content (AvgIpc) is 3.32. The molecular weight excluding hydrogens is 360 g/mol. The van der Waals surface area contributed by atoms with Crippen LogP contribution in [0.5, 0.6) is 0 Å². The lowest BCUT2D eigenvalue weighted by Crippen LogP contribution is -2.43. The molecule has 2 heterocycles. The first kappa shape index (κ1) is 17.0. The second-order valence-electron chi connectivity index (χ2n) is 7.71. The van der Waals surface area contributed by atoms with Crippen LogP contribution >= 0.6 is 0 Å². The molecule has 8 heteroatoms. The fraction of sp³-hybridized carbons (Fsp3) is 0.400. The summed E-state index contributed by atoms with van der Waals surface area (Å²) in [6, 6.07) is 7.07. The summed E-state index contributed by atoms with van der Waals surface area (Å²) in [6.45, 7) is 1.41. The van der Waals surface area contributed by atoms with Gasteiger partial charge in [-0.1, -0.05) is 29.4 Å². The molecule has 2 aromatic rings. The van der Waals surface area contributed by atoms with Crippen molar-refractivity contribution in [3.05, 3.63) is 46.8 Å². The second-order valence-corrected chi connectivity index (χ2v) is 7.71. The molecule has 1 aromatic heterocycles. The Bertz CT molecular complexity index is 1010. The monoisotopic (exact) mass is 380 g/mol. The number of imide groups is 1. The first-order chi connectivity index (χ1) is 13.5. The van der Waals surface area contributed by atoms with Gasteiger partial charge < -0.3 is 15.2 Å². The van der Waals surface area contributed by atoms with Gasteiger partial charge in [0.1, 0.15) is 23.5 Å². The van der Waals surface area contributed by atoms with E-state index in [0.717, 1.165) is 28.9 Å². The van der Waals surface area contributed by atoms with Crippen molar-refractivity contribution in [2.75, 3.05) is 11.9 Å². The smallest absolute Gasteiger partial charge is 0.325 e. The largest absolute Gasteiger partial charge is 0.359 e. The topological polar surface area (TPSA) is 105 Å². The van der Waals surface area contributed by atoms with Crippen LogP contribution in [0.1, 0.15) is 47.8 Å². The molecule has 0 unspecified atom stereocenters. The van der Waals surface area contributed by atoms with Crippen molar-refractivity contribution < 1.29 is 18.9 Å². The van der Waals surface area contributed by atoms with Gasteiger partial charge in [-0.2, -0.15) is 0 Å². The van der Waals surface area contributed by atoms with Crippen LogP contribution in [0, 0.1) is 6.92 Å². The summed E-state index contributed by atoms with van der Waals surface area (Å²) in [6.07, 6.45) is 3.23. The van der Waals surface area contributed by atoms with E-state index in [2.05, 4.69) is 15.8 Å². The van der Waals surface area contributed by atoms with Crippen LogP contribution in [0.2, 0.25) is 0 Å². The minimum absolute atomic E-state index is 0.284. The van der Waals surface area contributed by atoms with E-state index < -0.39 is 17.5 Å². The summed E-state index contributed by atoms with van der Waals surface area (Å²) in [5.74, 6) is 0.137. The summed E-state index contributed by atoms with van der Waals surface area (Å²) < 4.78 is 5.32. The number of carbonyl (C=O) groups is 3. The number of nitrogens with zero attached hydrogens (tertiary/aromatic N) is 2. The Morgan fingerprint density at radius 1 is 1.36 bits per heavy atom. The molecule has 0 bridgehead atoms. The number of benzene rings is 1. The number of hydrogen-bond donors (Lipinski definition) is 2. The Morgan fingerprint density at radius 3 is 2.93 bits per heavy atom. The Morgan fingerprint density at radius 2 is 2.14 bits per heavy atom. The van der Waals surface area contributed by atoms with Crippen molar-refractivity contribution in [1.82, 2.24) is 15.4 Å². The maximum Gasteiger partial charge on any atom is 0.325 e. The van der Waals surface area contributed by atoms with Crippen molar-refractivity contribution in [2.45, 2.75) is 44.1 Å². The lowest BCUT2D eigenvalue weighted by Gasteiger charge is -2.22. The van der Waals surface area contributed by atoms with Crippen LogP contribution in [0.25, 0.3) is 0 Å². The molecule has 1 aliphatic heterocycles. The molecule has 2 fully saturated rings. The molecular formula is C20H20N4O4. The average molecular weight is 380 g/mol. The zero-order valence-corrected chi connectivity index (χ0v) is 15.4. The van der Waals surface area contributed by atoms with E-state index in [-0.39, 0.29) is 18.4 Å². The van der Waals surface area contributed by atoms with Crippen LogP contribution in [0.15, 0.2) is 28.8 Å². The Balaban J connectivity index is 1.35. The number of anilines is 1. The predicted molar refractivity (Wildman–Crippen MR) is 98.5 cm³/mol. The Hall–Kier alpha value is -3.16. The van der Waals surface area contributed by atoms with E-state index in [1.807, 2.05) is 24.3 Å². The van der Waals surface area contributed by atoms with Gasteiger partial charge in [0.25, 0.3) is 5.91 Å². The highest BCUT2D eigenvalue weighted by Crippen LogP contribution is 2.44. The lowest BCUT2D eigenvalue weighted by atomic mass is 9.92. The molecule has 1 spiro atoms. The number of urea groups is 1. The maximum absolute atomic E-state index is 13.1. The van der Waals surface area contributed by atoms with Gasteiger partial charge in [0.05, 0.1) is 0 Å². The number of amides is 4. The maximum atomic E-state index is 13.1. The molecule has 1 atom stereocenters. The number of fused-ring (bicyclic) bond motifs is 2. The van der Waals surface area contributed by atoms with Gasteiger partial charge in [-0.25, -0.2) is 4.79 Å². The highest BCUT2D eigenvalue weighted by molar-refractivity contribution is 6.11. The fourth-order valence-corrected chi connectivity index (χ4v) is 4.22. The lowest BCUT2D eigenvalue weighted by molar-refractivity contribution is -0.134. The standard InChI is InChI=1S/C20H20N4O4/c1-11-16(17(28-23-11)13-6-7-13)21-15(25)10-24-18(26)20(22-19(24)27)9-8-12-4-2-3-5-14(12)20/h2-5,13H,6-10H2,1H3,(H,21,25)(H,22,27)/t20-/m0/s1. The van der Waals surface area contributed by atoms with E-state index >= 15 is 0 Å². The normalized spacial score (nSPS) is 23.2. The van der Waals surface area contributed by atoms with Crippen molar-refractivity contribution in [1.29, 1.82) is 0 Å². The van der Waals surface area contributed by atoms with Gasteiger partial charge in [0.15, 0.2) is 5.76 Å². The molecule has 5 rings (SSSR count). The first-order valence-electron chi connectivity index (χ1n) is 9.48. The number of aromatic nitrogens is 1. The van der Waals surface area contributed by atoms with Crippen molar-refractivity contribution in [3.8, 4) is 0 Å². The zero-order valence-electron chi connectivity index (χ0n) is 15.4. The van der Waals surface area contributed by atoms with E-state index in [0.29, 0.717) is 30.0 Å². The molecule has 2 N–H and O–H groups in total. The van der Waals surface area contributed by atoms with Crippen LogP contribution in [0.4, 0.5) is 10.5 Å². The minimum atomic E-state index is -1.06. The van der Waals surface area contributed by atoms with Crippen molar-refractivity contribution >= 4 is 23.5 Å². The summed E-state index contributed by atoms with van der Waals surface area (Å²) in [5.41, 5.74) is 1.97. The molecule has 8 nitrogen and oxygen atoms in total. The van der Waals surface area contributed by atoms with Crippen molar-refractivity contribution in [3.63, 3.8) is 0 Å². The van der Waals surface area contributed by atoms with Crippen molar-refractivity contribution in [2.24, 2.45) is 0 Å². The van der Waals surface area contributed by atoms with E-state index in [1.54, 1.807) is 6.92 Å². The molecule has 1 saturated carbocycles. The summed E-state index contributed by atoms with van der Waals surface area (Å²) in [7, 11) is 0. The SMILES string of the molecule is Cc1noc(C2CC2)c1NC(=O)CN1C(=O)N[C@]2(CCc3ccccc32)C1=O. The first-order valence-corrected chi connectivity index (χ1v) is 9.48. The van der Waals surface area contributed by atoms with Gasteiger partial charge in [-0.15, -0.1) is 0 Å². The molecule has 1 saturated heterocycles. The predicted octanol–water partition coefficient (Wildman–Crippen LogP) is 2.19. The third-order valence-electron chi connectivity index (χ3n) is 5.83. The van der Waals surface area contributed by atoms with Crippen LogP contribution < -0.4 is 10.6 Å². The van der Waals surface area contributed by atoms with Gasteiger partial charge >= 0.3 is 6.03 Å². The van der Waals surface area contributed by atoms with Gasteiger partial charge in [-0.05, 0) is 43.7 Å².